The van der Waals surface area contributed by atoms with E-state index in [0.717, 1.165) is 27.6 Å². The van der Waals surface area contributed by atoms with Gasteiger partial charge in [-0.25, -0.2) is 4.98 Å². The summed E-state index contributed by atoms with van der Waals surface area (Å²) in [4.78, 5) is 4.37. The van der Waals surface area contributed by atoms with Gasteiger partial charge in [0.15, 0.2) is 0 Å². The van der Waals surface area contributed by atoms with Crippen LogP contribution in [0.1, 0.15) is 21.8 Å². The number of rotatable bonds is 7. The van der Waals surface area contributed by atoms with E-state index in [9.17, 15) is 5.11 Å². The van der Waals surface area contributed by atoms with Gasteiger partial charge >= 0.3 is 0 Å². The van der Waals surface area contributed by atoms with E-state index in [0.29, 0.717) is 13.1 Å². The Hall–Kier alpha value is -1.43. The minimum atomic E-state index is -0.537. The number of ether oxygens (including phenoxy) is 1. The summed E-state index contributed by atoms with van der Waals surface area (Å²) in [5.74, 6) is 0.837. The molecule has 1 aromatic heterocycles. The highest BCUT2D eigenvalue weighted by Crippen LogP contribution is 2.19. The predicted molar refractivity (Wildman–Crippen MR) is 86.0 cm³/mol. The molecule has 0 radical (unpaired) electrons. The Morgan fingerprint density at radius 1 is 1.33 bits per heavy atom. The zero-order chi connectivity index (χ0) is 15.2. The molecule has 0 saturated carbocycles. The van der Waals surface area contributed by atoms with Crippen LogP contribution < -0.4 is 10.1 Å². The van der Waals surface area contributed by atoms with Crippen molar-refractivity contribution in [3.8, 4) is 5.75 Å². The second kappa shape index (κ2) is 7.54. The third-order valence-electron chi connectivity index (χ3n) is 3.13. The molecule has 21 heavy (non-hydrogen) atoms. The molecule has 0 saturated heterocycles. The number of thiazole rings is 1. The second-order valence-corrected chi connectivity index (χ2v) is 6.28. The van der Waals surface area contributed by atoms with E-state index >= 15 is 0 Å². The molecule has 0 aliphatic heterocycles. The summed E-state index contributed by atoms with van der Waals surface area (Å²) in [6.07, 6.45) is -0.537. The Morgan fingerprint density at radius 2 is 2.14 bits per heavy atom. The van der Waals surface area contributed by atoms with Gasteiger partial charge in [-0.05, 0) is 38.0 Å². The topological polar surface area (TPSA) is 54.4 Å². The van der Waals surface area contributed by atoms with E-state index in [4.69, 9.17) is 4.74 Å². The fraction of sp³-hybridized carbons (Fsp3) is 0.438. The van der Waals surface area contributed by atoms with Crippen molar-refractivity contribution in [2.45, 2.75) is 33.4 Å². The van der Waals surface area contributed by atoms with Gasteiger partial charge in [-0.2, -0.15) is 0 Å². The number of aromatic nitrogens is 1. The number of nitrogens with one attached hydrogen (secondary N) is 1. The number of hydrogen-bond donors (Lipinski definition) is 2. The van der Waals surface area contributed by atoms with Crippen LogP contribution in [0.15, 0.2) is 23.6 Å². The fourth-order valence-corrected chi connectivity index (χ4v) is 2.58. The summed E-state index contributed by atoms with van der Waals surface area (Å²) >= 11 is 1.64. The lowest BCUT2D eigenvalue weighted by Gasteiger charge is -2.14. The quantitative estimate of drug-likeness (QED) is 0.825. The number of nitrogens with zero attached hydrogens (tertiary/aromatic N) is 1. The van der Waals surface area contributed by atoms with Crippen LogP contribution in [0.4, 0.5) is 0 Å². The fourth-order valence-electron chi connectivity index (χ4n) is 1.96. The molecule has 0 bridgehead atoms. The maximum atomic E-state index is 9.95. The van der Waals surface area contributed by atoms with Crippen LogP contribution in [-0.2, 0) is 6.54 Å². The number of benzene rings is 1. The standard InChI is InChI=1S/C16H22N2O2S/c1-11-4-5-12(2)16(6-11)20-9-15(19)8-17-7-14-10-21-13(3)18-14/h4-6,10,15,17,19H,7-9H2,1-3H3. The highest BCUT2D eigenvalue weighted by molar-refractivity contribution is 7.09. The number of aliphatic hydroxyl groups is 1. The summed E-state index contributed by atoms with van der Waals surface area (Å²) in [7, 11) is 0. The van der Waals surface area contributed by atoms with Crippen LogP contribution in [0, 0.1) is 20.8 Å². The highest BCUT2D eigenvalue weighted by atomic mass is 32.1. The van der Waals surface area contributed by atoms with E-state index < -0.39 is 6.10 Å². The molecule has 114 valence electrons. The zero-order valence-electron chi connectivity index (χ0n) is 12.7. The zero-order valence-corrected chi connectivity index (χ0v) is 13.5. The smallest absolute Gasteiger partial charge is 0.122 e. The lowest BCUT2D eigenvalue weighted by molar-refractivity contribution is 0.106. The van der Waals surface area contributed by atoms with Gasteiger partial charge in [0.05, 0.1) is 10.7 Å². The van der Waals surface area contributed by atoms with Crippen LogP contribution in [0.25, 0.3) is 0 Å². The van der Waals surface area contributed by atoms with Gasteiger partial charge in [-0.3, -0.25) is 0 Å². The number of aliphatic hydroxyl groups excluding tert-OH is 1. The number of hydrogen-bond acceptors (Lipinski definition) is 5. The van der Waals surface area contributed by atoms with Crippen molar-refractivity contribution in [3.05, 3.63) is 45.4 Å². The first-order chi connectivity index (χ1) is 10.0. The first-order valence-electron chi connectivity index (χ1n) is 7.04. The molecule has 0 fully saturated rings. The third kappa shape index (κ3) is 5.12. The summed E-state index contributed by atoms with van der Waals surface area (Å²) < 4.78 is 5.68. The van der Waals surface area contributed by atoms with Gasteiger partial charge in [0.25, 0.3) is 0 Å². The molecule has 1 heterocycles. The molecule has 4 nitrogen and oxygen atoms in total. The molecule has 1 atom stereocenters. The predicted octanol–water partition coefficient (Wildman–Crippen LogP) is 2.60. The van der Waals surface area contributed by atoms with Crippen molar-refractivity contribution in [2.75, 3.05) is 13.2 Å². The lowest BCUT2D eigenvalue weighted by Crippen LogP contribution is -2.31. The Kier molecular flexibility index (Phi) is 5.73. The first kappa shape index (κ1) is 15.9. The summed E-state index contributed by atoms with van der Waals surface area (Å²) in [6, 6.07) is 6.07. The summed E-state index contributed by atoms with van der Waals surface area (Å²) in [5.41, 5.74) is 3.25. The van der Waals surface area contributed by atoms with Crippen LogP contribution in [0.2, 0.25) is 0 Å². The van der Waals surface area contributed by atoms with E-state index in [-0.39, 0.29) is 6.61 Å². The Labute approximate surface area is 129 Å². The van der Waals surface area contributed by atoms with Crippen molar-refractivity contribution < 1.29 is 9.84 Å². The van der Waals surface area contributed by atoms with Gasteiger partial charge in [0, 0.05) is 18.5 Å². The molecular weight excluding hydrogens is 284 g/mol. The molecule has 0 spiro atoms. The van der Waals surface area contributed by atoms with Crippen LogP contribution in [0.5, 0.6) is 5.75 Å². The van der Waals surface area contributed by atoms with E-state index in [2.05, 4.69) is 16.4 Å². The van der Waals surface area contributed by atoms with E-state index in [1.54, 1.807) is 11.3 Å². The van der Waals surface area contributed by atoms with Gasteiger partial charge in [0.2, 0.25) is 0 Å². The van der Waals surface area contributed by atoms with Crippen molar-refractivity contribution in [3.63, 3.8) is 0 Å². The van der Waals surface area contributed by atoms with Crippen molar-refractivity contribution >= 4 is 11.3 Å². The molecule has 0 amide bonds. The maximum Gasteiger partial charge on any atom is 0.122 e. The van der Waals surface area contributed by atoms with Gasteiger partial charge in [0.1, 0.15) is 18.5 Å². The molecular formula is C16H22N2O2S. The Morgan fingerprint density at radius 3 is 2.86 bits per heavy atom. The van der Waals surface area contributed by atoms with Crippen LogP contribution in [-0.4, -0.2) is 29.3 Å². The minimum absolute atomic E-state index is 0.285. The molecule has 2 rings (SSSR count). The Bertz CT molecular complexity index is 583. The van der Waals surface area contributed by atoms with Crippen molar-refractivity contribution in [1.29, 1.82) is 0 Å². The van der Waals surface area contributed by atoms with Crippen molar-refractivity contribution in [2.24, 2.45) is 0 Å². The molecule has 5 heteroatoms. The van der Waals surface area contributed by atoms with Crippen molar-refractivity contribution in [1.82, 2.24) is 10.3 Å². The monoisotopic (exact) mass is 306 g/mol. The largest absolute Gasteiger partial charge is 0.491 e. The first-order valence-corrected chi connectivity index (χ1v) is 7.92. The second-order valence-electron chi connectivity index (χ2n) is 5.22. The third-order valence-corrected chi connectivity index (χ3v) is 3.95. The summed E-state index contributed by atoms with van der Waals surface area (Å²) in [6.45, 7) is 7.46. The number of aryl methyl sites for hydroxylation is 3. The molecule has 0 aliphatic carbocycles. The average Bonchev–Trinajstić information content (AvgIpc) is 2.85. The summed E-state index contributed by atoms with van der Waals surface area (Å²) in [5, 5.41) is 16.2. The van der Waals surface area contributed by atoms with Gasteiger partial charge in [-0.1, -0.05) is 12.1 Å². The maximum absolute atomic E-state index is 9.95. The molecule has 2 N–H and O–H groups in total. The molecule has 1 unspecified atom stereocenters. The van der Waals surface area contributed by atoms with E-state index in [1.807, 2.05) is 38.3 Å². The molecule has 0 aliphatic rings. The van der Waals surface area contributed by atoms with E-state index in [1.165, 1.54) is 0 Å². The SMILES string of the molecule is Cc1ccc(C)c(OCC(O)CNCc2csc(C)n2)c1. The van der Waals surface area contributed by atoms with Crippen LogP contribution in [0.3, 0.4) is 0 Å². The van der Waals surface area contributed by atoms with Gasteiger partial charge in [-0.15, -0.1) is 11.3 Å². The Balaban J connectivity index is 1.72. The molecule has 1 aromatic carbocycles. The van der Waals surface area contributed by atoms with Gasteiger partial charge < -0.3 is 15.2 Å². The highest BCUT2D eigenvalue weighted by Gasteiger charge is 2.07. The minimum Gasteiger partial charge on any atom is -0.491 e. The lowest BCUT2D eigenvalue weighted by atomic mass is 10.1. The molecule has 2 aromatic rings. The average molecular weight is 306 g/mol. The normalized spacial score (nSPS) is 12.4. The van der Waals surface area contributed by atoms with Crippen LogP contribution >= 0.6 is 11.3 Å².